The summed E-state index contributed by atoms with van der Waals surface area (Å²) in [6, 6.07) is 14.3. The molecule has 3 aromatic carbocycles. The van der Waals surface area contributed by atoms with E-state index in [0.717, 1.165) is 28.4 Å². The summed E-state index contributed by atoms with van der Waals surface area (Å²) in [5.74, 6) is -0.508. The van der Waals surface area contributed by atoms with Crippen molar-refractivity contribution in [2.45, 2.75) is 39.5 Å². The number of hydrogen-bond acceptors (Lipinski definition) is 6. The second-order valence-electron chi connectivity index (χ2n) is 8.78. The molecule has 0 aliphatic carbocycles. The first-order valence-corrected chi connectivity index (χ1v) is 13.1. The first-order valence-electron chi connectivity index (χ1n) is 11.6. The molecule has 0 unspecified atom stereocenters. The number of aryl methyl sites for hydroxylation is 2. The van der Waals surface area contributed by atoms with Crippen molar-refractivity contribution in [2.75, 3.05) is 11.3 Å². The van der Waals surface area contributed by atoms with Crippen LogP contribution in [-0.2, 0) is 14.8 Å². The van der Waals surface area contributed by atoms with Gasteiger partial charge in [-0.2, -0.15) is 0 Å². The molecule has 37 heavy (non-hydrogen) atoms. The molecule has 9 nitrogen and oxygen atoms in total. The molecular formula is C27H27N3O6S. The Labute approximate surface area is 214 Å². The number of nitrogens with one attached hydrogen (secondary N) is 1. The van der Waals surface area contributed by atoms with Gasteiger partial charge in [-0.25, -0.2) is 13.2 Å². The number of esters is 1. The highest BCUT2D eigenvalue weighted by Crippen LogP contribution is 2.37. The van der Waals surface area contributed by atoms with Crippen LogP contribution < -0.4 is 4.72 Å². The Balaban J connectivity index is 1.95. The third-order valence-electron chi connectivity index (χ3n) is 6.41. The molecule has 0 amide bonds. The molecule has 1 N–H and O–H groups in total. The third-order valence-corrected chi connectivity index (χ3v) is 7.77. The molecule has 192 valence electrons. The van der Waals surface area contributed by atoms with E-state index in [1.165, 1.54) is 18.2 Å². The summed E-state index contributed by atoms with van der Waals surface area (Å²) in [6.07, 6.45) is 0. The predicted molar refractivity (Wildman–Crippen MR) is 142 cm³/mol. The number of rotatable bonds is 7. The smallest absolute Gasteiger partial charge is 0.340 e. The number of anilines is 1. The summed E-state index contributed by atoms with van der Waals surface area (Å²) in [6.45, 7) is 9.37. The van der Waals surface area contributed by atoms with Gasteiger partial charge < -0.3 is 9.30 Å². The zero-order valence-electron chi connectivity index (χ0n) is 21.2. The molecule has 4 aromatic rings. The Hall–Kier alpha value is -4.18. The van der Waals surface area contributed by atoms with Gasteiger partial charge in [0.1, 0.15) is 0 Å². The maximum absolute atomic E-state index is 13.2. The van der Waals surface area contributed by atoms with Crippen LogP contribution in [-0.4, -0.2) is 30.5 Å². The number of fused-ring (bicyclic) bond motifs is 1. The predicted octanol–water partition coefficient (Wildman–Crippen LogP) is 5.75. The van der Waals surface area contributed by atoms with Crippen molar-refractivity contribution in [3.8, 4) is 5.69 Å². The van der Waals surface area contributed by atoms with Crippen molar-refractivity contribution in [1.82, 2.24) is 4.57 Å². The SMILES string of the molecule is CCOC(=O)c1c(C)n(-c2ccc(C)cc2)c2c(C)c(C)c(NS(=O)(=O)c3cccc([N+](=O)[O-])c3)cc12. The van der Waals surface area contributed by atoms with E-state index in [9.17, 15) is 23.3 Å². The fraction of sp³-hybridized carbons (Fsp3) is 0.222. The molecule has 0 atom stereocenters. The molecule has 0 fully saturated rings. The highest BCUT2D eigenvalue weighted by molar-refractivity contribution is 7.92. The number of hydrogen-bond donors (Lipinski definition) is 1. The summed E-state index contributed by atoms with van der Waals surface area (Å²) < 4.78 is 36.3. The van der Waals surface area contributed by atoms with E-state index in [1.54, 1.807) is 19.9 Å². The second-order valence-corrected chi connectivity index (χ2v) is 10.5. The lowest BCUT2D eigenvalue weighted by molar-refractivity contribution is -0.385. The van der Waals surface area contributed by atoms with Crippen LogP contribution in [0.3, 0.4) is 0 Å². The lowest BCUT2D eigenvalue weighted by Gasteiger charge is -2.16. The number of nitro benzene ring substituents is 1. The molecule has 1 heterocycles. The molecule has 1 aromatic heterocycles. The van der Waals surface area contributed by atoms with Crippen LogP contribution in [0.25, 0.3) is 16.6 Å². The number of ether oxygens (including phenoxy) is 1. The standard InChI is InChI=1S/C27H27N3O6S/c1-6-36-27(31)25-19(5)29(20-12-10-16(2)11-13-20)26-18(4)17(3)24(15-23(25)26)28-37(34,35)22-9-7-8-21(14-22)30(32)33/h7-15,28H,6H2,1-5H3. The molecular weight excluding hydrogens is 494 g/mol. The highest BCUT2D eigenvalue weighted by Gasteiger charge is 2.26. The Morgan fingerprint density at radius 2 is 1.70 bits per heavy atom. The summed E-state index contributed by atoms with van der Waals surface area (Å²) in [4.78, 5) is 23.3. The van der Waals surface area contributed by atoms with Crippen molar-refractivity contribution in [2.24, 2.45) is 0 Å². The topological polar surface area (TPSA) is 121 Å². The summed E-state index contributed by atoms with van der Waals surface area (Å²) >= 11 is 0. The maximum Gasteiger partial charge on any atom is 0.340 e. The van der Waals surface area contributed by atoms with Crippen LogP contribution in [0.2, 0.25) is 0 Å². The number of sulfonamides is 1. The molecule has 0 bridgehead atoms. The first kappa shape index (κ1) is 25.9. The van der Waals surface area contributed by atoms with Gasteiger partial charge in [0, 0.05) is 28.9 Å². The van der Waals surface area contributed by atoms with Crippen LogP contribution in [0, 0.1) is 37.8 Å². The number of nitro groups is 1. The van der Waals surface area contributed by atoms with E-state index in [1.807, 2.05) is 49.6 Å². The van der Waals surface area contributed by atoms with Crippen LogP contribution in [0.5, 0.6) is 0 Å². The summed E-state index contributed by atoms with van der Waals surface area (Å²) in [5, 5.41) is 11.7. The minimum absolute atomic E-state index is 0.187. The van der Waals surface area contributed by atoms with E-state index in [2.05, 4.69) is 4.72 Å². The van der Waals surface area contributed by atoms with Gasteiger partial charge in [0.15, 0.2) is 0 Å². The summed E-state index contributed by atoms with van der Waals surface area (Å²) in [5.41, 5.74) is 5.08. The van der Waals surface area contributed by atoms with Crippen LogP contribution in [0.4, 0.5) is 11.4 Å². The Bertz CT molecular complexity index is 1650. The molecule has 10 heteroatoms. The number of aromatic nitrogens is 1. The minimum atomic E-state index is -4.16. The van der Waals surface area contributed by atoms with Crippen molar-refractivity contribution in [3.05, 3.63) is 92.7 Å². The number of non-ortho nitro benzene ring substituents is 1. The largest absolute Gasteiger partial charge is 0.462 e. The van der Waals surface area contributed by atoms with Crippen molar-refractivity contribution in [1.29, 1.82) is 0 Å². The highest BCUT2D eigenvalue weighted by atomic mass is 32.2. The van der Waals surface area contributed by atoms with Crippen molar-refractivity contribution < 1.29 is 22.9 Å². The Morgan fingerprint density at radius 3 is 2.32 bits per heavy atom. The van der Waals surface area contributed by atoms with E-state index >= 15 is 0 Å². The third kappa shape index (κ3) is 4.67. The number of carbonyl (C=O) groups excluding carboxylic acids is 1. The van der Waals surface area contributed by atoms with Gasteiger partial charge in [0.2, 0.25) is 0 Å². The Morgan fingerprint density at radius 1 is 1.03 bits per heavy atom. The Kier molecular flexibility index (Phi) is 6.79. The zero-order chi connectivity index (χ0) is 27.1. The molecule has 0 saturated carbocycles. The molecule has 4 rings (SSSR count). The van der Waals surface area contributed by atoms with Crippen LogP contribution in [0.1, 0.15) is 39.7 Å². The molecule has 0 spiro atoms. The monoisotopic (exact) mass is 521 g/mol. The molecule has 0 aliphatic heterocycles. The van der Waals surface area contributed by atoms with Crippen molar-refractivity contribution in [3.63, 3.8) is 0 Å². The zero-order valence-corrected chi connectivity index (χ0v) is 22.0. The molecule has 0 saturated heterocycles. The van der Waals surface area contributed by atoms with Gasteiger partial charge in [-0.3, -0.25) is 14.8 Å². The van der Waals surface area contributed by atoms with E-state index in [0.29, 0.717) is 22.2 Å². The minimum Gasteiger partial charge on any atom is -0.462 e. The number of benzene rings is 3. The quantitative estimate of drug-likeness (QED) is 0.188. The first-order chi connectivity index (χ1) is 17.5. The second kappa shape index (κ2) is 9.70. The van der Waals surface area contributed by atoms with E-state index < -0.39 is 20.9 Å². The fourth-order valence-electron chi connectivity index (χ4n) is 4.41. The number of carbonyl (C=O) groups is 1. The molecule has 0 radical (unpaired) electrons. The van der Waals surface area contributed by atoms with Gasteiger partial charge in [0.25, 0.3) is 15.7 Å². The average molecular weight is 522 g/mol. The lowest BCUT2D eigenvalue weighted by Crippen LogP contribution is -2.14. The molecule has 0 aliphatic rings. The van der Waals surface area contributed by atoms with Crippen LogP contribution in [0.15, 0.2) is 59.5 Å². The summed E-state index contributed by atoms with van der Waals surface area (Å²) in [7, 11) is -4.16. The normalized spacial score (nSPS) is 11.5. The number of nitrogens with zero attached hydrogens (tertiary/aromatic N) is 2. The van der Waals surface area contributed by atoms with Crippen molar-refractivity contribution >= 4 is 38.3 Å². The van der Waals surface area contributed by atoms with E-state index in [-0.39, 0.29) is 22.9 Å². The fourth-order valence-corrected chi connectivity index (χ4v) is 5.56. The maximum atomic E-state index is 13.2. The van der Waals surface area contributed by atoms with Gasteiger partial charge in [0.05, 0.1) is 33.2 Å². The van der Waals surface area contributed by atoms with Gasteiger partial charge in [-0.1, -0.05) is 23.8 Å². The van der Waals surface area contributed by atoms with Gasteiger partial charge in [-0.15, -0.1) is 0 Å². The van der Waals surface area contributed by atoms with E-state index in [4.69, 9.17) is 4.74 Å². The van der Waals surface area contributed by atoms with Gasteiger partial charge in [-0.05, 0) is 70.0 Å². The lowest BCUT2D eigenvalue weighted by atomic mass is 10.0. The van der Waals surface area contributed by atoms with Crippen LogP contribution >= 0.6 is 0 Å². The average Bonchev–Trinajstić information content (AvgIpc) is 3.14. The van der Waals surface area contributed by atoms with Gasteiger partial charge >= 0.3 is 5.97 Å².